The number of urea groups is 1. The van der Waals surface area contributed by atoms with Crippen molar-refractivity contribution in [2.75, 3.05) is 6.54 Å². The fraction of sp³-hybridized carbons (Fsp3) is 0.500. The molecule has 2 amide bonds. The summed E-state index contributed by atoms with van der Waals surface area (Å²) in [5.41, 5.74) is 0.962. The standard InChI is InChI=1S/C14H22N2O/c1-5-15-13(17)16(14(2,3)4)11-12-9-7-6-8-10-12/h6-10H,5,11H2,1-4H3,(H,15,17). The fourth-order valence-corrected chi connectivity index (χ4v) is 1.63. The summed E-state index contributed by atoms with van der Waals surface area (Å²) in [6, 6.07) is 10.0. The number of carbonyl (C=O) groups is 1. The lowest BCUT2D eigenvalue weighted by Crippen LogP contribution is -2.49. The third kappa shape index (κ3) is 4.10. The summed E-state index contributed by atoms with van der Waals surface area (Å²) in [6.45, 7) is 9.36. The molecule has 0 unspecified atom stereocenters. The van der Waals surface area contributed by atoms with Crippen LogP contribution in [0.1, 0.15) is 33.3 Å². The topological polar surface area (TPSA) is 32.3 Å². The zero-order chi connectivity index (χ0) is 12.9. The summed E-state index contributed by atoms with van der Waals surface area (Å²) >= 11 is 0. The number of rotatable bonds is 3. The molecule has 1 N–H and O–H groups in total. The van der Waals surface area contributed by atoms with Crippen LogP contribution in [0.5, 0.6) is 0 Å². The number of hydrogen-bond donors (Lipinski definition) is 1. The van der Waals surface area contributed by atoms with Gasteiger partial charge < -0.3 is 10.2 Å². The highest BCUT2D eigenvalue weighted by molar-refractivity contribution is 5.74. The molecule has 1 aromatic rings. The molecule has 1 rings (SSSR count). The smallest absolute Gasteiger partial charge is 0.318 e. The summed E-state index contributed by atoms with van der Waals surface area (Å²) < 4.78 is 0. The molecule has 0 aliphatic carbocycles. The van der Waals surface area contributed by atoms with Gasteiger partial charge in [0.2, 0.25) is 0 Å². The lowest BCUT2D eigenvalue weighted by atomic mass is 10.1. The molecule has 0 aliphatic rings. The Labute approximate surface area is 104 Å². The van der Waals surface area contributed by atoms with Gasteiger partial charge in [-0.1, -0.05) is 30.3 Å². The van der Waals surface area contributed by atoms with E-state index in [0.717, 1.165) is 5.56 Å². The van der Waals surface area contributed by atoms with Crippen LogP contribution in [-0.4, -0.2) is 23.0 Å². The van der Waals surface area contributed by atoms with Crippen molar-refractivity contribution in [3.8, 4) is 0 Å². The molecule has 3 heteroatoms. The molecule has 0 radical (unpaired) electrons. The van der Waals surface area contributed by atoms with Crippen molar-refractivity contribution >= 4 is 6.03 Å². The van der Waals surface area contributed by atoms with Gasteiger partial charge in [-0.15, -0.1) is 0 Å². The quantitative estimate of drug-likeness (QED) is 0.856. The number of benzene rings is 1. The Bertz CT molecular complexity index is 354. The van der Waals surface area contributed by atoms with Crippen molar-refractivity contribution in [1.29, 1.82) is 0 Å². The normalized spacial score (nSPS) is 11.1. The van der Waals surface area contributed by atoms with Crippen LogP contribution < -0.4 is 5.32 Å². The van der Waals surface area contributed by atoms with Gasteiger partial charge in [-0.25, -0.2) is 4.79 Å². The first-order valence-corrected chi connectivity index (χ1v) is 6.04. The monoisotopic (exact) mass is 234 g/mol. The van der Waals surface area contributed by atoms with E-state index in [2.05, 4.69) is 5.32 Å². The van der Waals surface area contributed by atoms with Crippen molar-refractivity contribution < 1.29 is 4.79 Å². The molecule has 0 spiro atoms. The van der Waals surface area contributed by atoms with Crippen molar-refractivity contribution in [3.05, 3.63) is 35.9 Å². The number of nitrogens with one attached hydrogen (secondary N) is 1. The van der Waals surface area contributed by atoms with Gasteiger partial charge in [0, 0.05) is 18.6 Å². The first-order chi connectivity index (χ1) is 7.95. The van der Waals surface area contributed by atoms with Gasteiger partial charge in [0.05, 0.1) is 0 Å². The van der Waals surface area contributed by atoms with Gasteiger partial charge in [0.25, 0.3) is 0 Å². The second-order valence-electron chi connectivity index (χ2n) is 5.08. The van der Waals surface area contributed by atoms with Crippen LogP contribution in [0.3, 0.4) is 0 Å². The zero-order valence-electron chi connectivity index (χ0n) is 11.2. The number of amides is 2. The van der Waals surface area contributed by atoms with Crippen molar-refractivity contribution in [3.63, 3.8) is 0 Å². The molecule has 0 bridgehead atoms. The molecule has 0 atom stereocenters. The molecule has 94 valence electrons. The minimum Gasteiger partial charge on any atom is -0.338 e. The van der Waals surface area contributed by atoms with Gasteiger partial charge >= 0.3 is 6.03 Å². The molecule has 3 nitrogen and oxygen atoms in total. The molecule has 0 fully saturated rings. The average molecular weight is 234 g/mol. The molecule has 1 aromatic carbocycles. The number of nitrogens with zero attached hydrogens (tertiary/aromatic N) is 1. The van der Waals surface area contributed by atoms with E-state index in [-0.39, 0.29) is 11.6 Å². The van der Waals surface area contributed by atoms with E-state index in [4.69, 9.17) is 0 Å². The maximum Gasteiger partial charge on any atom is 0.318 e. The van der Waals surface area contributed by atoms with E-state index >= 15 is 0 Å². The third-order valence-corrected chi connectivity index (χ3v) is 2.57. The summed E-state index contributed by atoms with van der Waals surface area (Å²) in [5.74, 6) is 0. The molecule has 17 heavy (non-hydrogen) atoms. The Kier molecular flexibility index (Phi) is 4.55. The molecule has 0 saturated heterocycles. The van der Waals surface area contributed by atoms with E-state index in [9.17, 15) is 4.79 Å². The minimum absolute atomic E-state index is 0.0103. The van der Waals surface area contributed by atoms with Crippen LogP contribution in [0.25, 0.3) is 0 Å². The van der Waals surface area contributed by atoms with Gasteiger partial charge in [-0.05, 0) is 33.3 Å². The highest BCUT2D eigenvalue weighted by Gasteiger charge is 2.25. The Morgan fingerprint density at radius 3 is 2.29 bits per heavy atom. The van der Waals surface area contributed by atoms with Crippen LogP contribution in [0.2, 0.25) is 0 Å². The first-order valence-electron chi connectivity index (χ1n) is 6.04. The highest BCUT2D eigenvalue weighted by Crippen LogP contribution is 2.17. The summed E-state index contributed by atoms with van der Waals surface area (Å²) in [7, 11) is 0. The van der Waals surface area contributed by atoms with Crippen molar-refractivity contribution in [1.82, 2.24) is 10.2 Å². The van der Waals surface area contributed by atoms with Gasteiger partial charge in [0.1, 0.15) is 0 Å². The molecule has 0 saturated carbocycles. The van der Waals surface area contributed by atoms with Crippen LogP contribution in [0.4, 0.5) is 4.79 Å². The Morgan fingerprint density at radius 2 is 1.82 bits per heavy atom. The van der Waals surface area contributed by atoms with E-state index in [1.54, 1.807) is 0 Å². The van der Waals surface area contributed by atoms with Crippen LogP contribution in [-0.2, 0) is 6.54 Å². The van der Waals surface area contributed by atoms with Gasteiger partial charge in [0.15, 0.2) is 0 Å². The second kappa shape index (κ2) is 5.71. The van der Waals surface area contributed by atoms with Crippen LogP contribution in [0, 0.1) is 0 Å². The molecule has 0 aromatic heterocycles. The summed E-state index contributed by atoms with van der Waals surface area (Å²) in [4.78, 5) is 13.9. The average Bonchev–Trinajstić information content (AvgIpc) is 2.26. The Hall–Kier alpha value is -1.51. The van der Waals surface area contributed by atoms with E-state index in [1.165, 1.54) is 0 Å². The number of hydrogen-bond acceptors (Lipinski definition) is 1. The third-order valence-electron chi connectivity index (χ3n) is 2.57. The predicted octanol–water partition coefficient (Wildman–Crippen LogP) is 3.02. The maximum absolute atomic E-state index is 12.0. The number of carbonyl (C=O) groups excluding carboxylic acids is 1. The Morgan fingerprint density at radius 1 is 1.24 bits per heavy atom. The minimum atomic E-state index is -0.185. The first kappa shape index (κ1) is 13.6. The lowest BCUT2D eigenvalue weighted by molar-refractivity contribution is 0.140. The molecule has 0 heterocycles. The maximum atomic E-state index is 12.0. The lowest BCUT2D eigenvalue weighted by Gasteiger charge is -2.35. The van der Waals surface area contributed by atoms with Gasteiger partial charge in [-0.2, -0.15) is 0 Å². The summed E-state index contributed by atoms with van der Waals surface area (Å²) in [5, 5.41) is 2.86. The SMILES string of the molecule is CCNC(=O)N(Cc1ccccc1)C(C)(C)C. The van der Waals surface area contributed by atoms with Gasteiger partial charge in [-0.3, -0.25) is 0 Å². The van der Waals surface area contributed by atoms with Crippen LogP contribution in [0.15, 0.2) is 30.3 Å². The van der Waals surface area contributed by atoms with Crippen molar-refractivity contribution in [2.24, 2.45) is 0 Å². The van der Waals surface area contributed by atoms with E-state index in [1.807, 2.05) is 62.9 Å². The molecule has 0 aliphatic heterocycles. The molecular weight excluding hydrogens is 212 g/mol. The van der Waals surface area contributed by atoms with Crippen LogP contribution >= 0.6 is 0 Å². The van der Waals surface area contributed by atoms with Crippen molar-refractivity contribution in [2.45, 2.75) is 39.8 Å². The molecular formula is C14H22N2O. The van der Waals surface area contributed by atoms with E-state index in [0.29, 0.717) is 13.1 Å². The second-order valence-corrected chi connectivity index (χ2v) is 5.08. The Balaban J connectivity index is 2.82. The predicted molar refractivity (Wildman–Crippen MR) is 70.8 cm³/mol. The highest BCUT2D eigenvalue weighted by atomic mass is 16.2. The summed E-state index contributed by atoms with van der Waals surface area (Å²) in [6.07, 6.45) is 0. The fourth-order valence-electron chi connectivity index (χ4n) is 1.63. The van der Waals surface area contributed by atoms with E-state index < -0.39 is 0 Å². The largest absolute Gasteiger partial charge is 0.338 e. The zero-order valence-corrected chi connectivity index (χ0v) is 11.2.